The Kier molecular flexibility index (Phi) is 26.1. The summed E-state index contributed by atoms with van der Waals surface area (Å²) in [5.74, 6) is -1.33. The number of hydrogen-bond donors (Lipinski definition) is 5. The van der Waals surface area contributed by atoms with Crippen LogP contribution in [0.15, 0.2) is 219 Å². The van der Waals surface area contributed by atoms with E-state index in [2.05, 4.69) is 30.9 Å². The van der Waals surface area contributed by atoms with Gasteiger partial charge in [0, 0.05) is 92.3 Å². The van der Waals surface area contributed by atoms with Crippen molar-refractivity contribution in [2.45, 2.75) is 89.0 Å². The standard InChI is InChI=1S/C28H28F3N3O4.C23H20F3N3O2.C16H21NO4.C12H9F3N2O/c1-27(2,3)38-26(36)34-16-22(18-8-5-4-6-9-18)23(17-34)25(35)33-19-10-7-11-20(14-19)37-21-12-13-24(32-15-21)28(29,30)31;24-23(25,26)21-10-9-18(12-28-21)31-17-8-4-7-16(11-17)29-22(30)20-14-27-13-19(20)15-5-2-1-3-6-15;1-16(2,3)21-15(20)17-9-12(13(10-17)14(18)19)11-7-5-4-6-8-11;13-12(14,15)11-5-4-10(7-17-11)18-9-3-1-2-8(16)6-9/h4-15,22-23H,16-17H2,1-3H3,(H,33,35);1-12,19-20,27H,13-14H2,(H,29,30);4-8,12-13H,9-10H2,1-3H3,(H,18,19);1-7H,16H2/t22-,23+;19-,20+;12-,13+;/m000./s1. The van der Waals surface area contributed by atoms with Crippen molar-refractivity contribution in [3.05, 3.63) is 253 Å². The normalized spacial score (nSPS) is 17.7. The quantitative estimate of drug-likeness (QED) is 0.0501. The lowest BCUT2D eigenvalue weighted by Gasteiger charge is -2.24. The smallest absolute Gasteiger partial charge is 0.433 e. The summed E-state index contributed by atoms with van der Waals surface area (Å²) < 4.78 is 140. The number of pyridine rings is 3. The summed E-state index contributed by atoms with van der Waals surface area (Å²) in [4.78, 5) is 75.7. The Morgan fingerprint density at radius 1 is 0.417 bits per heavy atom. The van der Waals surface area contributed by atoms with Crippen molar-refractivity contribution in [3.8, 4) is 34.5 Å². The van der Waals surface area contributed by atoms with Gasteiger partial charge in [-0.25, -0.2) is 24.5 Å². The van der Waals surface area contributed by atoms with Crippen molar-refractivity contribution >= 4 is 47.0 Å². The van der Waals surface area contributed by atoms with Crippen LogP contribution in [0.5, 0.6) is 34.5 Å². The molecule has 6 aromatic carbocycles. The van der Waals surface area contributed by atoms with Gasteiger partial charge in [0.05, 0.1) is 36.3 Å². The summed E-state index contributed by atoms with van der Waals surface area (Å²) in [5.41, 5.74) is 5.82. The van der Waals surface area contributed by atoms with Crippen molar-refractivity contribution in [1.82, 2.24) is 30.1 Å². The SMILES string of the molecule is CC(C)(C)OC(=O)N1C[C@@H](C(=O)Nc2cccc(Oc3ccc(C(F)(F)F)nc3)c2)[C@H](c2ccccc2)C1.CC(C)(C)OC(=O)N1C[C@@H](C(=O)O)[C@H](c2ccccc2)C1.Nc1cccc(Oc2ccc(C(F)(F)F)nc2)c1.O=C(Nc1cccc(Oc2ccc(C(F)(F)F)nc2)c1)[C@@H]1CNC[C@H]1c1ccccc1. The first-order chi connectivity index (χ1) is 51.0. The number of nitrogens with two attached hydrogens (primary N) is 1. The highest BCUT2D eigenvalue weighted by Gasteiger charge is 2.44. The summed E-state index contributed by atoms with van der Waals surface area (Å²) in [7, 11) is 0. The number of carbonyl (C=O) groups excluding carboxylic acids is 4. The number of aliphatic carboxylic acids is 1. The molecule has 0 radical (unpaired) electrons. The number of halogens is 9. The van der Waals surface area contributed by atoms with Crippen LogP contribution in [0.4, 0.5) is 66.2 Å². The Morgan fingerprint density at radius 2 is 0.769 bits per heavy atom. The number of aromatic nitrogens is 3. The molecule has 29 heteroatoms. The largest absolute Gasteiger partial charge is 0.481 e. The van der Waals surface area contributed by atoms with Gasteiger partial charge in [-0.15, -0.1) is 0 Å². The summed E-state index contributed by atoms with van der Waals surface area (Å²) in [6, 6.07) is 54.8. The second kappa shape index (κ2) is 35.1. The summed E-state index contributed by atoms with van der Waals surface area (Å²) >= 11 is 0. The van der Waals surface area contributed by atoms with Gasteiger partial charge in [-0.05, 0) is 131 Å². The lowest BCUT2D eigenvalue weighted by Crippen LogP contribution is -2.36. The molecule has 3 fully saturated rings. The van der Waals surface area contributed by atoms with Crippen LogP contribution in [0.2, 0.25) is 0 Å². The van der Waals surface area contributed by atoms with Crippen molar-refractivity contribution in [3.63, 3.8) is 0 Å². The van der Waals surface area contributed by atoms with E-state index in [0.717, 1.165) is 60.0 Å². The Balaban J connectivity index is 0.000000173. The fourth-order valence-electron chi connectivity index (χ4n) is 11.7. The lowest BCUT2D eigenvalue weighted by molar-refractivity contribution is -0.142. The molecule has 20 nitrogen and oxygen atoms in total. The van der Waals surface area contributed by atoms with Crippen LogP contribution in [0.3, 0.4) is 0 Å². The summed E-state index contributed by atoms with van der Waals surface area (Å²) in [6.45, 7) is 13.1. The van der Waals surface area contributed by atoms with Gasteiger partial charge in [0.1, 0.15) is 62.8 Å². The zero-order valence-electron chi connectivity index (χ0n) is 59.2. The molecule has 12 rings (SSSR count). The zero-order valence-corrected chi connectivity index (χ0v) is 59.2. The van der Waals surface area contributed by atoms with Gasteiger partial charge in [-0.1, -0.05) is 109 Å². The predicted octanol–water partition coefficient (Wildman–Crippen LogP) is 17.5. The van der Waals surface area contributed by atoms with Crippen molar-refractivity contribution in [2.75, 3.05) is 55.6 Å². The molecule has 0 saturated carbocycles. The van der Waals surface area contributed by atoms with Crippen molar-refractivity contribution in [2.24, 2.45) is 17.8 Å². The Labute approximate surface area is 616 Å². The first-order valence-corrected chi connectivity index (χ1v) is 33.9. The number of amides is 4. The van der Waals surface area contributed by atoms with Crippen LogP contribution in [-0.4, -0.2) is 110 Å². The molecular formula is C79H78F9N9O11. The van der Waals surface area contributed by atoms with Crippen molar-refractivity contribution < 1.29 is 92.3 Å². The number of rotatable bonds is 14. The summed E-state index contributed by atoms with van der Waals surface area (Å²) in [5, 5.41) is 18.5. The molecule has 6 N–H and O–H groups in total. The van der Waals surface area contributed by atoms with E-state index in [1.54, 1.807) is 119 Å². The third-order valence-electron chi connectivity index (χ3n) is 16.7. The van der Waals surface area contributed by atoms with Crippen LogP contribution >= 0.6 is 0 Å². The van der Waals surface area contributed by atoms with Gasteiger partial charge < -0.3 is 60.3 Å². The predicted molar refractivity (Wildman–Crippen MR) is 383 cm³/mol. The highest BCUT2D eigenvalue weighted by Crippen LogP contribution is 2.39. The van der Waals surface area contributed by atoms with E-state index in [1.165, 1.54) is 23.1 Å². The average Bonchev–Trinajstić information content (AvgIpc) is 1.62. The molecule has 3 aliphatic rings. The number of anilines is 3. The van der Waals surface area contributed by atoms with Gasteiger partial charge in [0.25, 0.3) is 0 Å². The topological polar surface area (TPSA) is 259 Å². The fraction of sp³-hybridized carbons (Fsp3) is 0.291. The van der Waals surface area contributed by atoms with Gasteiger partial charge in [0.2, 0.25) is 11.8 Å². The van der Waals surface area contributed by atoms with Gasteiger partial charge in [-0.2, -0.15) is 39.5 Å². The van der Waals surface area contributed by atoms with Crippen LogP contribution in [0, 0.1) is 17.8 Å². The van der Waals surface area contributed by atoms with Crippen LogP contribution in [0.25, 0.3) is 0 Å². The maximum absolute atomic E-state index is 13.4. The number of alkyl halides is 9. The minimum atomic E-state index is -4.54. The number of carbonyl (C=O) groups is 5. The lowest BCUT2D eigenvalue weighted by atomic mass is 9.88. The monoisotopic (exact) mass is 1500 g/mol. The van der Waals surface area contributed by atoms with Crippen LogP contribution in [-0.2, 0) is 42.4 Å². The summed E-state index contributed by atoms with van der Waals surface area (Å²) in [6.07, 6.45) is -11.4. The molecule has 9 aromatic rings. The third kappa shape index (κ3) is 23.6. The van der Waals surface area contributed by atoms with Crippen LogP contribution in [0.1, 0.15) is 93.1 Å². The Morgan fingerprint density at radius 3 is 1.12 bits per heavy atom. The first kappa shape index (κ1) is 80.3. The number of likely N-dealkylation sites (tertiary alicyclic amines) is 2. The molecule has 6 atom stereocenters. The van der Waals surface area contributed by atoms with E-state index in [0.29, 0.717) is 53.9 Å². The van der Waals surface area contributed by atoms with E-state index in [9.17, 15) is 68.6 Å². The fourth-order valence-corrected chi connectivity index (χ4v) is 11.7. The zero-order chi connectivity index (χ0) is 78.1. The second-order valence-corrected chi connectivity index (χ2v) is 27.2. The highest BCUT2D eigenvalue weighted by molar-refractivity contribution is 5.95. The average molecular weight is 1500 g/mol. The highest BCUT2D eigenvalue weighted by atomic mass is 19.4. The number of nitrogens with zero attached hydrogens (tertiary/aromatic N) is 5. The molecule has 108 heavy (non-hydrogen) atoms. The van der Waals surface area contributed by atoms with E-state index in [-0.39, 0.29) is 65.8 Å². The van der Waals surface area contributed by atoms with E-state index in [1.807, 2.05) is 91.0 Å². The molecule has 0 bridgehead atoms. The number of nitrogen functional groups attached to an aromatic ring is 1. The van der Waals surface area contributed by atoms with Gasteiger partial charge in [0.15, 0.2) is 0 Å². The van der Waals surface area contributed by atoms with Gasteiger partial charge in [-0.3, -0.25) is 14.4 Å². The number of carboxylic acid groups (broad SMARTS) is 1. The number of ether oxygens (including phenoxy) is 5. The molecule has 4 amide bonds. The molecule has 0 aliphatic carbocycles. The van der Waals surface area contributed by atoms with Crippen molar-refractivity contribution in [1.29, 1.82) is 0 Å². The molecule has 6 heterocycles. The molecule has 3 aliphatic heterocycles. The minimum Gasteiger partial charge on any atom is -0.481 e. The number of hydrogen-bond acceptors (Lipinski definition) is 15. The molecule has 568 valence electrons. The Bertz CT molecular complexity index is 4480. The Hall–Kier alpha value is -11.8. The van der Waals surface area contributed by atoms with Crippen LogP contribution < -0.4 is 35.9 Å². The van der Waals surface area contributed by atoms with E-state index in [4.69, 9.17) is 29.4 Å². The number of nitrogens with one attached hydrogen (secondary N) is 3. The number of benzene rings is 6. The molecule has 3 saturated heterocycles. The molecule has 0 unspecified atom stereocenters. The maximum atomic E-state index is 13.4. The molecule has 3 aromatic heterocycles. The maximum Gasteiger partial charge on any atom is 0.433 e. The number of carboxylic acids is 1. The molecule has 0 spiro atoms. The first-order valence-electron chi connectivity index (χ1n) is 33.9. The van der Waals surface area contributed by atoms with E-state index >= 15 is 0 Å². The van der Waals surface area contributed by atoms with Gasteiger partial charge >= 0.3 is 36.7 Å². The second-order valence-electron chi connectivity index (χ2n) is 27.2. The third-order valence-corrected chi connectivity index (χ3v) is 16.7. The van der Waals surface area contributed by atoms with E-state index < -0.39 is 76.8 Å². The molecular weight excluding hydrogens is 1420 g/mol. The minimum absolute atomic E-state index is 0.0823.